The Bertz CT molecular complexity index is 810. The summed E-state index contributed by atoms with van der Waals surface area (Å²) in [6.45, 7) is 4.44. The van der Waals surface area contributed by atoms with E-state index >= 15 is 0 Å². The fourth-order valence-electron chi connectivity index (χ4n) is 2.53. The summed E-state index contributed by atoms with van der Waals surface area (Å²) in [6, 6.07) is 15.1. The molecular weight excluding hydrogens is 314 g/mol. The Kier molecular flexibility index (Phi) is 5.18. The second kappa shape index (κ2) is 7.70. The summed E-state index contributed by atoms with van der Waals surface area (Å²) in [5, 5.41) is 16.7. The molecule has 0 saturated heterocycles. The largest absolute Gasteiger partial charge is 0.322 e. The van der Waals surface area contributed by atoms with Crippen LogP contribution < -0.4 is 5.32 Å². The first-order valence-corrected chi connectivity index (χ1v) is 8.40. The number of carbonyl (C=O) groups is 1. The monoisotopic (exact) mass is 335 g/mol. The molecule has 0 saturated carbocycles. The maximum Gasteiger partial charge on any atom is 0.255 e. The molecule has 25 heavy (non-hydrogen) atoms. The standard InChI is InChI=1S/C19H21N5O/c1-3-13(2)12-14-4-10-17(11-5-14)20-19(25)16-8-6-15(7-9-16)18-21-23-24-22-18/h4-11,13H,3,12H2,1-2H3,(H,20,25)(H,21,22,23,24). The van der Waals surface area contributed by atoms with Crippen LogP contribution in [0.5, 0.6) is 0 Å². The number of aromatic nitrogens is 4. The number of amides is 1. The number of benzene rings is 2. The van der Waals surface area contributed by atoms with E-state index < -0.39 is 0 Å². The lowest BCUT2D eigenvalue weighted by Gasteiger charge is -2.10. The minimum Gasteiger partial charge on any atom is -0.322 e. The molecule has 0 aliphatic heterocycles. The molecular formula is C19H21N5O. The van der Waals surface area contributed by atoms with Crippen LogP contribution in [0.3, 0.4) is 0 Å². The highest BCUT2D eigenvalue weighted by Crippen LogP contribution is 2.17. The predicted octanol–water partition coefficient (Wildman–Crippen LogP) is 3.71. The van der Waals surface area contributed by atoms with Gasteiger partial charge < -0.3 is 5.32 Å². The summed E-state index contributed by atoms with van der Waals surface area (Å²) < 4.78 is 0. The highest BCUT2D eigenvalue weighted by Gasteiger charge is 2.08. The summed E-state index contributed by atoms with van der Waals surface area (Å²) in [5.74, 6) is 1.02. The predicted molar refractivity (Wildman–Crippen MR) is 97.2 cm³/mol. The minimum atomic E-state index is -0.144. The second-order valence-electron chi connectivity index (χ2n) is 6.18. The van der Waals surface area contributed by atoms with Crippen molar-refractivity contribution >= 4 is 11.6 Å². The van der Waals surface area contributed by atoms with E-state index in [2.05, 4.69) is 51.9 Å². The van der Waals surface area contributed by atoms with Gasteiger partial charge in [0, 0.05) is 16.8 Å². The molecule has 1 atom stereocenters. The molecule has 0 spiro atoms. The van der Waals surface area contributed by atoms with Crippen molar-refractivity contribution in [3.63, 3.8) is 0 Å². The minimum absolute atomic E-state index is 0.144. The zero-order valence-electron chi connectivity index (χ0n) is 14.4. The molecule has 3 rings (SSSR count). The van der Waals surface area contributed by atoms with Gasteiger partial charge in [-0.2, -0.15) is 5.21 Å². The second-order valence-corrected chi connectivity index (χ2v) is 6.18. The molecule has 0 radical (unpaired) electrons. The van der Waals surface area contributed by atoms with E-state index in [0.717, 1.165) is 17.7 Å². The molecule has 128 valence electrons. The highest BCUT2D eigenvalue weighted by molar-refractivity contribution is 6.04. The first-order chi connectivity index (χ1) is 12.2. The number of carbonyl (C=O) groups excluding carboxylic acids is 1. The number of hydrogen-bond donors (Lipinski definition) is 2. The molecule has 6 heteroatoms. The zero-order valence-corrected chi connectivity index (χ0v) is 14.4. The van der Waals surface area contributed by atoms with Crippen molar-refractivity contribution in [3.05, 3.63) is 59.7 Å². The molecule has 1 heterocycles. The van der Waals surface area contributed by atoms with Crippen LogP contribution in [-0.2, 0) is 6.42 Å². The van der Waals surface area contributed by atoms with E-state index in [1.807, 2.05) is 12.1 Å². The molecule has 6 nitrogen and oxygen atoms in total. The molecule has 0 aliphatic rings. The SMILES string of the molecule is CCC(C)Cc1ccc(NC(=O)c2ccc(-c3nn[nH]n3)cc2)cc1. The average molecular weight is 335 g/mol. The lowest BCUT2D eigenvalue weighted by molar-refractivity contribution is 0.102. The van der Waals surface area contributed by atoms with Crippen LogP contribution in [0.1, 0.15) is 36.2 Å². The van der Waals surface area contributed by atoms with E-state index in [1.54, 1.807) is 24.3 Å². The Balaban J connectivity index is 1.63. The summed E-state index contributed by atoms with van der Waals surface area (Å²) in [4.78, 5) is 12.4. The molecule has 2 N–H and O–H groups in total. The normalized spacial score (nSPS) is 11.9. The number of anilines is 1. The van der Waals surface area contributed by atoms with E-state index in [-0.39, 0.29) is 5.91 Å². The smallest absolute Gasteiger partial charge is 0.255 e. The highest BCUT2D eigenvalue weighted by atomic mass is 16.1. The van der Waals surface area contributed by atoms with Gasteiger partial charge in [0.15, 0.2) is 0 Å². The molecule has 1 aromatic heterocycles. The summed E-state index contributed by atoms with van der Waals surface area (Å²) in [7, 11) is 0. The average Bonchev–Trinajstić information content (AvgIpc) is 3.18. The van der Waals surface area contributed by atoms with Crippen LogP contribution in [0, 0.1) is 5.92 Å². The number of hydrogen-bond acceptors (Lipinski definition) is 4. The maximum absolute atomic E-state index is 12.4. The Labute approximate surface area is 146 Å². The number of rotatable bonds is 6. The van der Waals surface area contributed by atoms with E-state index in [4.69, 9.17) is 0 Å². The Hall–Kier alpha value is -3.02. The topological polar surface area (TPSA) is 83.6 Å². The number of nitrogens with one attached hydrogen (secondary N) is 2. The van der Waals surface area contributed by atoms with Crippen molar-refractivity contribution in [3.8, 4) is 11.4 Å². The van der Waals surface area contributed by atoms with Crippen molar-refractivity contribution in [1.29, 1.82) is 0 Å². The summed E-state index contributed by atoms with van der Waals surface area (Å²) >= 11 is 0. The van der Waals surface area contributed by atoms with Gasteiger partial charge in [-0.3, -0.25) is 4.79 Å². The van der Waals surface area contributed by atoms with E-state index in [1.165, 1.54) is 12.0 Å². The third kappa shape index (κ3) is 4.29. The number of H-pyrrole nitrogens is 1. The molecule has 0 bridgehead atoms. The Morgan fingerprint density at radius 1 is 1.12 bits per heavy atom. The van der Waals surface area contributed by atoms with Crippen LogP contribution in [0.15, 0.2) is 48.5 Å². The van der Waals surface area contributed by atoms with Gasteiger partial charge >= 0.3 is 0 Å². The number of aromatic amines is 1. The Morgan fingerprint density at radius 2 is 1.84 bits per heavy atom. The quantitative estimate of drug-likeness (QED) is 0.719. The lowest BCUT2D eigenvalue weighted by Crippen LogP contribution is -2.11. The van der Waals surface area contributed by atoms with Gasteiger partial charge in [-0.25, -0.2) is 0 Å². The lowest BCUT2D eigenvalue weighted by atomic mass is 9.99. The fraction of sp³-hybridized carbons (Fsp3) is 0.263. The van der Waals surface area contributed by atoms with Gasteiger partial charge in [-0.05, 0) is 47.4 Å². The first-order valence-electron chi connectivity index (χ1n) is 8.40. The molecule has 2 aromatic carbocycles. The third-order valence-corrected chi connectivity index (χ3v) is 4.24. The summed E-state index contributed by atoms with van der Waals surface area (Å²) in [6.07, 6.45) is 2.22. The van der Waals surface area contributed by atoms with E-state index in [0.29, 0.717) is 17.3 Å². The first kappa shape index (κ1) is 16.8. The van der Waals surface area contributed by atoms with Crippen LogP contribution in [0.2, 0.25) is 0 Å². The van der Waals surface area contributed by atoms with Crippen molar-refractivity contribution in [2.45, 2.75) is 26.7 Å². The van der Waals surface area contributed by atoms with Crippen LogP contribution in [0.25, 0.3) is 11.4 Å². The van der Waals surface area contributed by atoms with Crippen molar-refractivity contribution in [2.75, 3.05) is 5.32 Å². The maximum atomic E-state index is 12.4. The van der Waals surface area contributed by atoms with Crippen molar-refractivity contribution in [1.82, 2.24) is 20.6 Å². The number of tetrazole rings is 1. The molecule has 0 fully saturated rings. The summed E-state index contributed by atoms with van der Waals surface area (Å²) in [5.41, 5.74) is 3.47. The van der Waals surface area contributed by atoms with Crippen molar-refractivity contribution < 1.29 is 4.79 Å². The fourth-order valence-corrected chi connectivity index (χ4v) is 2.53. The molecule has 3 aromatic rings. The van der Waals surface area contributed by atoms with Gasteiger partial charge in [0.25, 0.3) is 5.91 Å². The van der Waals surface area contributed by atoms with Crippen LogP contribution in [-0.4, -0.2) is 26.5 Å². The third-order valence-electron chi connectivity index (χ3n) is 4.24. The molecule has 1 unspecified atom stereocenters. The van der Waals surface area contributed by atoms with Gasteiger partial charge in [0.2, 0.25) is 5.82 Å². The Morgan fingerprint density at radius 3 is 2.44 bits per heavy atom. The van der Waals surface area contributed by atoms with E-state index in [9.17, 15) is 4.79 Å². The van der Waals surface area contributed by atoms with Gasteiger partial charge in [0.05, 0.1) is 0 Å². The van der Waals surface area contributed by atoms with Gasteiger partial charge in [-0.15, -0.1) is 10.2 Å². The van der Waals surface area contributed by atoms with Crippen molar-refractivity contribution in [2.24, 2.45) is 5.92 Å². The zero-order chi connectivity index (χ0) is 17.6. The van der Waals surface area contributed by atoms with Gasteiger partial charge in [-0.1, -0.05) is 44.5 Å². The van der Waals surface area contributed by atoms with Crippen LogP contribution in [0.4, 0.5) is 5.69 Å². The van der Waals surface area contributed by atoms with Gasteiger partial charge in [0.1, 0.15) is 0 Å². The van der Waals surface area contributed by atoms with Crippen LogP contribution >= 0.6 is 0 Å². The number of nitrogens with zero attached hydrogens (tertiary/aromatic N) is 3. The molecule has 0 aliphatic carbocycles. The molecule has 1 amide bonds.